The van der Waals surface area contributed by atoms with Gasteiger partial charge in [-0.1, -0.05) is 12.1 Å². The van der Waals surface area contributed by atoms with Crippen molar-refractivity contribution < 1.29 is 10.3 Å². The summed E-state index contributed by atoms with van der Waals surface area (Å²) in [6.07, 6.45) is 2.00. The van der Waals surface area contributed by atoms with Crippen LogP contribution in [0.3, 0.4) is 0 Å². The molecule has 0 bridgehead atoms. The number of anilines is 1. The molecule has 0 radical (unpaired) electrons. The number of aliphatic hydroxyl groups is 1. The first kappa shape index (κ1) is 13.3. The fraction of sp³-hybridized carbons (Fsp3) is 0.273. The van der Waals surface area contributed by atoms with E-state index in [0.717, 1.165) is 5.56 Å². The molecule has 0 amide bonds. The third kappa shape index (κ3) is 4.73. The van der Waals surface area contributed by atoms with Gasteiger partial charge in [-0.05, 0) is 17.7 Å². The molecule has 0 saturated heterocycles. The number of aliphatic hydroxyl groups excluding tert-OH is 1. The lowest BCUT2D eigenvalue weighted by Gasteiger charge is -2.15. The third-order valence-corrected chi connectivity index (χ3v) is 2.18. The van der Waals surface area contributed by atoms with Crippen LogP contribution < -0.4 is 17.1 Å². The average Bonchev–Trinajstić information content (AvgIpc) is 2.30. The maximum absolute atomic E-state index is 8.69. The Kier molecular flexibility index (Phi) is 5.28. The molecule has 0 aliphatic heterocycles. The van der Waals surface area contributed by atoms with E-state index in [4.69, 9.17) is 21.9 Å². The van der Waals surface area contributed by atoms with E-state index >= 15 is 0 Å². The molecule has 0 heterocycles. The fourth-order valence-electron chi connectivity index (χ4n) is 1.35. The highest BCUT2D eigenvalue weighted by Crippen LogP contribution is 2.10. The standard InChI is InChI=1S/C11H18N4O2/c12-10(5-6-16)8-15(13)7-9-1-3-11(14-17)4-2-9/h1-4,8,14,16-17H,5-7,12-13H2/b10-8-. The highest BCUT2D eigenvalue weighted by atomic mass is 16.5. The van der Waals surface area contributed by atoms with Crippen molar-refractivity contribution in [1.82, 2.24) is 5.01 Å². The van der Waals surface area contributed by atoms with Gasteiger partial charge in [-0.3, -0.25) is 10.7 Å². The number of nitrogens with one attached hydrogen (secondary N) is 1. The van der Waals surface area contributed by atoms with Crippen molar-refractivity contribution in [2.24, 2.45) is 11.6 Å². The molecular weight excluding hydrogens is 220 g/mol. The lowest BCUT2D eigenvalue weighted by molar-refractivity contribution is 0.296. The van der Waals surface area contributed by atoms with Crippen molar-refractivity contribution in [3.8, 4) is 0 Å². The SMILES string of the molecule is N/C(=C\N(N)Cc1ccc(NO)cc1)CCO. The van der Waals surface area contributed by atoms with Gasteiger partial charge in [0.15, 0.2) is 0 Å². The lowest BCUT2D eigenvalue weighted by Crippen LogP contribution is -2.26. The Bertz CT molecular complexity index is 364. The predicted molar refractivity (Wildman–Crippen MR) is 65.6 cm³/mol. The van der Waals surface area contributed by atoms with Gasteiger partial charge in [-0.25, -0.2) is 5.84 Å². The summed E-state index contributed by atoms with van der Waals surface area (Å²) in [7, 11) is 0. The van der Waals surface area contributed by atoms with Crippen LogP contribution in [0.4, 0.5) is 5.69 Å². The molecule has 6 heteroatoms. The lowest BCUT2D eigenvalue weighted by atomic mass is 10.2. The predicted octanol–water partition coefficient (Wildman–Crippen LogP) is 0.346. The summed E-state index contributed by atoms with van der Waals surface area (Å²) in [5.41, 5.74) is 9.81. The van der Waals surface area contributed by atoms with Crippen LogP contribution in [-0.4, -0.2) is 21.9 Å². The second kappa shape index (κ2) is 6.74. The molecule has 0 spiro atoms. The smallest absolute Gasteiger partial charge is 0.0602 e. The number of rotatable bonds is 6. The van der Waals surface area contributed by atoms with Crippen molar-refractivity contribution in [2.45, 2.75) is 13.0 Å². The van der Waals surface area contributed by atoms with Crippen LogP contribution in [0, 0.1) is 0 Å². The minimum Gasteiger partial charge on any atom is -0.401 e. The van der Waals surface area contributed by atoms with Gasteiger partial charge in [-0.15, -0.1) is 0 Å². The molecule has 0 saturated carbocycles. The second-order valence-electron chi connectivity index (χ2n) is 3.66. The van der Waals surface area contributed by atoms with Gasteiger partial charge in [0, 0.05) is 24.9 Å². The summed E-state index contributed by atoms with van der Waals surface area (Å²) < 4.78 is 0. The van der Waals surface area contributed by atoms with Gasteiger partial charge < -0.3 is 15.8 Å². The maximum atomic E-state index is 8.69. The summed E-state index contributed by atoms with van der Waals surface area (Å²) in [5.74, 6) is 5.74. The topological polar surface area (TPSA) is 108 Å². The molecule has 0 fully saturated rings. The maximum Gasteiger partial charge on any atom is 0.0602 e. The number of benzene rings is 1. The van der Waals surface area contributed by atoms with Crippen LogP contribution in [-0.2, 0) is 6.54 Å². The highest BCUT2D eigenvalue weighted by Gasteiger charge is 1.98. The molecular formula is C11H18N4O2. The van der Waals surface area contributed by atoms with Gasteiger partial charge in [0.2, 0.25) is 0 Å². The van der Waals surface area contributed by atoms with E-state index in [2.05, 4.69) is 5.48 Å². The first-order chi connectivity index (χ1) is 8.15. The Balaban J connectivity index is 2.55. The van der Waals surface area contributed by atoms with Crippen LogP contribution in [0.2, 0.25) is 0 Å². The zero-order valence-electron chi connectivity index (χ0n) is 9.50. The molecule has 1 aromatic carbocycles. The number of hydrogen-bond acceptors (Lipinski definition) is 6. The van der Waals surface area contributed by atoms with E-state index in [0.29, 0.717) is 24.4 Å². The van der Waals surface area contributed by atoms with Crippen molar-refractivity contribution in [3.63, 3.8) is 0 Å². The van der Waals surface area contributed by atoms with Crippen molar-refractivity contribution in [2.75, 3.05) is 12.1 Å². The molecule has 0 aliphatic carbocycles. The molecule has 17 heavy (non-hydrogen) atoms. The Morgan fingerprint density at radius 1 is 1.35 bits per heavy atom. The molecule has 6 nitrogen and oxygen atoms in total. The quantitative estimate of drug-likeness (QED) is 0.361. The average molecular weight is 238 g/mol. The van der Waals surface area contributed by atoms with E-state index in [1.54, 1.807) is 18.3 Å². The largest absolute Gasteiger partial charge is 0.401 e. The normalized spacial score (nSPS) is 11.4. The van der Waals surface area contributed by atoms with Gasteiger partial charge in [-0.2, -0.15) is 0 Å². The van der Waals surface area contributed by atoms with E-state index in [1.165, 1.54) is 5.01 Å². The summed E-state index contributed by atoms with van der Waals surface area (Å²) in [5, 5.41) is 18.8. The summed E-state index contributed by atoms with van der Waals surface area (Å²) >= 11 is 0. The van der Waals surface area contributed by atoms with E-state index in [1.807, 2.05) is 12.1 Å². The monoisotopic (exact) mass is 238 g/mol. The molecule has 1 rings (SSSR count). The number of hydrazine groups is 1. The fourth-order valence-corrected chi connectivity index (χ4v) is 1.35. The first-order valence-electron chi connectivity index (χ1n) is 5.23. The minimum atomic E-state index is 0.00698. The third-order valence-electron chi connectivity index (χ3n) is 2.18. The van der Waals surface area contributed by atoms with Crippen LogP contribution in [0.15, 0.2) is 36.2 Å². The van der Waals surface area contributed by atoms with Gasteiger partial charge in [0.25, 0.3) is 0 Å². The van der Waals surface area contributed by atoms with E-state index < -0.39 is 0 Å². The van der Waals surface area contributed by atoms with Crippen molar-refractivity contribution in [1.29, 1.82) is 0 Å². The zero-order valence-corrected chi connectivity index (χ0v) is 9.50. The molecule has 1 aromatic rings. The number of nitrogens with two attached hydrogens (primary N) is 2. The molecule has 0 aromatic heterocycles. The molecule has 0 aliphatic rings. The Morgan fingerprint density at radius 3 is 2.53 bits per heavy atom. The van der Waals surface area contributed by atoms with E-state index in [9.17, 15) is 0 Å². The number of nitrogens with zero attached hydrogens (tertiary/aromatic N) is 1. The first-order valence-corrected chi connectivity index (χ1v) is 5.23. The summed E-state index contributed by atoms with van der Waals surface area (Å²) in [6.45, 7) is 0.505. The summed E-state index contributed by atoms with van der Waals surface area (Å²) in [6, 6.07) is 7.16. The second-order valence-corrected chi connectivity index (χ2v) is 3.66. The van der Waals surface area contributed by atoms with Gasteiger partial charge >= 0.3 is 0 Å². The van der Waals surface area contributed by atoms with Crippen LogP contribution in [0.5, 0.6) is 0 Å². The Hall–Kier alpha value is -1.76. The minimum absolute atomic E-state index is 0.00698. The van der Waals surface area contributed by atoms with Crippen LogP contribution >= 0.6 is 0 Å². The van der Waals surface area contributed by atoms with Crippen LogP contribution in [0.25, 0.3) is 0 Å². The van der Waals surface area contributed by atoms with Crippen molar-refractivity contribution in [3.05, 3.63) is 41.7 Å². The van der Waals surface area contributed by atoms with Gasteiger partial charge in [0.05, 0.1) is 12.2 Å². The molecule has 7 N–H and O–H groups in total. The van der Waals surface area contributed by atoms with E-state index in [-0.39, 0.29) is 6.61 Å². The molecule has 0 unspecified atom stereocenters. The molecule has 94 valence electrons. The van der Waals surface area contributed by atoms with Gasteiger partial charge in [0.1, 0.15) is 0 Å². The van der Waals surface area contributed by atoms with Crippen LogP contribution in [0.1, 0.15) is 12.0 Å². The zero-order chi connectivity index (χ0) is 12.7. The summed E-state index contributed by atoms with van der Waals surface area (Å²) in [4.78, 5) is 0. The van der Waals surface area contributed by atoms with Crippen molar-refractivity contribution >= 4 is 5.69 Å². The number of hydrogen-bond donors (Lipinski definition) is 5. The Morgan fingerprint density at radius 2 is 2.00 bits per heavy atom. The Labute approximate surface area is 100 Å². The highest BCUT2D eigenvalue weighted by molar-refractivity contribution is 5.42. The molecule has 0 atom stereocenters.